The lowest BCUT2D eigenvalue weighted by Crippen LogP contribution is -2.26. The Hall–Kier alpha value is -4.24. The van der Waals surface area contributed by atoms with E-state index in [1.807, 2.05) is 34.9 Å². The molecule has 9 heteroatoms. The van der Waals surface area contributed by atoms with Crippen LogP contribution in [-0.2, 0) is 11.3 Å². The SMILES string of the molecule is C=CC(=O)Nc1cccc(-n2c(NC(=O)c3cnco3)nc3cc(CNCC(C)(C)C)ccc32)c1. The Labute approximate surface area is 203 Å². The van der Waals surface area contributed by atoms with Gasteiger partial charge >= 0.3 is 0 Å². The van der Waals surface area contributed by atoms with Gasteiger partial charge in [-0.25, -0.2) is 9.97 Å². The summed E-state index contributed by atoms with van der Waals surface area (Å²) in [6, 6.07) is 13.2. The third-order valence-electron chi connectivity index (χ3n) is 5.14. The number of fused-ring (bicyclic) bond motifs is 1. The molecule has 2 heterocycles. The molecule has 0 aliphatic carbocycles. The largest absolute Gasteiger partial charge is 0.438 e. The smallest absolute Gasteiger partial charge is 0.295 e. The minimum Gasteiger partial charge on any atom is -0.438 e. The molecule has 9 nitrogen and oxygen atoms in total. The summed E-state index contributed by atoms with van der Waals surface area (Å²) in [6.07, 6.45) is 3.74. The van der Waals surface area contributed by atoms with Crippen molar-refractivity contribution in [3.63, 3.8) is 0 Å². The first kappa shape index (κ1) is 23.9. The zero-order valence-corrected chi connectivity index (χ0v) is 20.0. The van der Waals surface area contributed by atoms with Crippen molar-refractivity contribution in [3.8, 4) is 5.69 Å². The third kappa shape index (κ3) is 5.82. The number of oxazole rings is 1. The highest BCUT2D eigenvalue weighted by atomic mass is 16.3. The number of nitrogens with zero attached hydrogens (tertiary/aromatic N) is 3. The Morgan fingerprint density at radius 2 is 1.97 bits per heavy atom. The Kier molecular flexibility index (Phi) is 6.79. The Morgan fingerprint density at radius 1 is 1.14 bits per heavy atom. The highest BCUT2D eigenvalue weighted by Crippen LogP contribution is 2.28. The summed E-state index contributed by atoms with van der Waals surface area (Å²) in [5, 5.41) is 9.04. The fourth-order valence-electron chi connectivity index (χ4n) is 3.57. The van der Waals surface area contributed by atoms with Crippen LogP contribution in [0.4, 0.5) is 11.6 Å². The molecular weight excluding hydrogens is 444 g/mol. The molecule has 0 bridgehead atoms. The van der Waals surface area contributed by atoms with Crippen molar-refractivity contribution in [3.05, 3.63) is 79.0 Å². The summed E-state index contributed by atoms with van der Waals surface area (Å²) >= 11 is 0. The molecular formula is C26H28N6O3. The second-order valence-corrected chi connectivity index (χ2v) is 9.32. The molecule has 0 unspecified atom stereocenters. The summed E-state index contributed by atoms with van der Waals surface area (Å²) in [6.45, 7) is 11.6. The van der Waals surface area contributed by atoms with Crippen LogP contribution in [0.1, 0.15) is 36.9 Å². The summed E-state index contributed by atoms with van der Waals surface area (Å²) in [4.78, 5) is 33.0. The summed E-state index contributed by atoms with van der Waals surface area (Å²) in [7, 11) is 0. The molecule has 2 aromatic carbocycles. The van der Waals surface area contributed by atoms with Crippen molar-refractivity contribution < 1.29 is 14.0 Å². The van der Waals surface area contributed by atoms with Crippen LogP contribution >= 0.6 is 0 Å². The molecule has 0 saturated heterocycles. The van der Waals surface area contributed by atoms with Crippen molar-refractivity contribution in [1.82, 2.24) is 19.9 Å². The number of imidazole rings is 1. The molecule has 0 aliphatic rings. The minimum atomic E-state index is -0.470. The first-order chi connectivity index (χ1) is 16.7. The van der Waals surface area contributed by atoms with Gasteiger partial charge < -0.3 is 15.1 Å². The van der Waals surface area contributed by atoms with E-state index in [1.165, 1.54) is 18.7 Å². The monoisotopic (exact) mass is 472 g/mol. The van der Waals surface area contributed by atoms with E-state index in [-0.39, 0.29) is 17.1 Å². The number of rotatable bonds is 8. The molecule has 180 valence electrons. The van der Waals surface area contributed by atoms with Gasteiger partial charge in [-0.15, -0.1) is 0 Å². The third-order valence-corrected chi connectivity index (χ3v) is 5.14. The molecule has 35 heavy (non-hydrogen) atoms. The second-order valence-electron chi connectivity index (χ2n) is 9.32. The quantitative estimate of drug-likeness (QED) is 0.325. The normalized spacial score (nSPS) is 11.4. The predicted octanol–water partition coefficient (Wildman–Crippen LogP) is 4.53. The number of hydrogen-bond donors (Lipinski definition) is 3. The van der Waals surface area contributed by atoms with Crippen LogP contribution in [0.15, 0.2) is 72.1 Å². The topological polar surface area (TPSA) is 114 Å². The van der Waals surface area contributed by atoms with Gasteiger partial charge in [-0.3, -0.25) is 19.5 Å². The standard InChI is InChI=1S/C26H28N6O3/c1-5-23(33)29-18-7-6-8-19(12-18)32-21-10-9-17(13-27-15-26(2,3)4)11-20(21)30-25(32)31-24(34)22-14-28-16-35-22/h5-12,14,16,27H,1,13,15H2,2-4H3,(H,29,33)(H,30,31,34). The Morgan fingerprint density at radius 3 is 2.69 bits per heavy atom. The van der Waals surface area contributed by atoms with Crippen molar-refractivity contribution >= 4 is 34.5 Å². The first-order valence-electron chi connectivity index (χ1n) is 11.2. The van der Waals surface area contributed by atoms with Gasteiger partial charge in [0.2, 0.25) is 17.6 Å². The zero-order valence-electron chi connectivity index (χ0n) is 20.0. The van der Waals surface area contributed by atoms with Gasteiger partial charge in [-0.05, 0) is 47.4 Å². The average molecular weight is 473 g/mol. The van der Waals surface area contributed by atoms with Gasteiger partial charge in [-0.1, -0.05) is 39.5 Å². The fraction of sp³-hybridized carbons (Fsp3) is 0.231. The lowest BCUT2D eigenvalue weighted by atomic mass is 9.97. The van der Waals surface area contributed by atoms with Crippen LogP contribution in [0.25, 0.3) is 16.7 Å². The van der Waals surface area contributed by atoms with Crippen molar-refractivity contribution in [2.24, 2.45) is 5.41 Å². The van der Waals surface area contributed by atoms with Gasteiger partial charge in [0.15, 0.2) is 6.39 Å². The number of anilines is 2. The van der Waals surface area contributed by atoms with Crippen molar-refractivity contribution in [2.45, 2.75) is 27.3 Å². The molecule has 0 spiro atoms. The van der Waals surface area contributed by atoms with Crippen LogP contribution in [-0.4, -0.2) is 32.9 Å². The number of carbonyl (C=O) groups excluding carboxylic acids is 2. The van der Waals surface area contributed by atoms with E-state index in [1.54, 1.807) is 12.1 Å². The molecule has 0 aliphatic heterocycles. The minimum absolute atomic E-state index is 0.0719. The lowest BCUT2D eigenvalue weighted by Gasteiger charge is -2.18. The number of carbonyl (C=O) groups is 2. The van der Waals surface area contributed by atoms with E-state index < -0.39 is 5.91 Å². The average Bonchev–Trinajstić information content (AvgIpc) is 3.46. The van der Waals surface area contributed by atoms with Crippen molar-refractivity contribution in [2.75, 3.05) is 17.2 Å². The molecule has 4 rings (SSSR count). The van der Waals surface area contributed by atoms with Gasteiger partial charge in [0, 0.05) is 18.8 Å². The second kappa shape index (κ2) is 9.94. The lowest BCUT2D eigenvalue weighted by molar-refractivity contribution is -0.111. The predicted molar refractivity (Wildman–Crippen MR) is 136 cm³/mol. The number of aromatic nitrogens is 3. The van der Waals surface area contributed by atoms with E-state index in [0.29, 0.717) is 29.4 Å². The maximum Gasteiger partial charge on any atom is 0.295 e. The number of amides is 2. The van der Waals surface area contributed by atoms with E-state index in [2.05, 4.69) is 48.3 Å². The fourth-order valence-corrected chi connectivity index (χ4v) is 3.57. The summed E-state index contributed by atoms with van der Waals surface area (Å²) in [5.41, 5.74) is 4.06. The summed E-state index contributed by atoms with van der Waals surface area (Å²) in [5.74, 6) is -0.401. The molecule has 4 aromatic rings. The Bertz CT molecular complexity index is 1370. The molecule has 0 saturated carbocycles. The van der Waals surface area contributed by atoms with Crippen LogP contribution in [0.5, 0.6) is 0 Å². The van der Waals surface area contributed by atoms with Gasteiger partial charge in [-0.2, -0.15) is 0 Å². The van der Waals surface area contributed by atoms with Crippen LogP contribution in [0, 0.1) is 5.41 Å². The highest BCUT2D eigenvalue weighted by molar-refractivity contribution is 6.02. The van der Waals surface area contributed by atoms with Crippen LogP contribution in [0.3, 0.4) is 0 Å². The molecule has 2 aromatic heterocycles. The molecule has 0 fully saturated rings. The Balaban J connectivity index is 1.73. The number of hydrogen-bond acceptors (Lipinski definition) is 6. The maximum atomic E-state index is 12.7. The molecule has 2 amide bonds. The van der Waals surface area contributed by atoms with Crippen LogP contribution < -0.4 is 16.0 Å². The van der Waals surface area contributed by atoms with Gasteiger partial charge in [0.25, 0.3) is 5.91 Å². The van der Waals surface area contributed by atoms with Crippen molar-refractivity contribution in [1.29, 1.82) is 0 Å². The molecule has 3 N–H and O–H groups in total. The summed E-state index contributed by atoms with van der Waals surface area (Å²) < 4.78 is 6.95. The highest BCUT2D eigenvalue weighted by Gasteiger charge is 2.18. The van der Waals surface area contributed by atoms with Crippen LogP contribution in [0.2, 0.25) is 0 Å². The number of benzene rings is 2. The van der Waals surface area contributed by atoms with Gasteiger partial charge in [0.05, 0.1) is 22.9 Å². The van der Waals surface area contributed by atoms with E-state index in [0.717, 1.165) is 17.6 Å². The molecule has 0 atom stereocenters. The first-order valence-corrected chi connectivity index (χ1v) is 11.2. The molecule has 0 radical (unpaired) electrons. The zero-order chi connectivity index (χ0) is 25.0. The maximum absolute atomic E-state index is 12.7. The van der Waals surface area contributed by atoms with E-state index in [4.69, 9.17) is 9.40 Å². The number of nitrogens with one attached hydrogen (secondary N) is 3. The van der Waals surface area contributed by atoms with Gasteiger partial charge in [0.1, 0.15) is 0 Å². The van der Waals surface area contributed by atoms with E-state index >= 15 is 0 Å². The van der Waals surface area contributed by atoms with E-state index in [9.17, 15) is 9.59 Å².